The number of nitrogens with zero attached hydrogens (tertiary/aromatic N) is 5. The summed E-state index contributed by atoms with van der Waals surface area (Å²) in [5.41, 5.74) is 1.97. The Labute approximate surface area is 153 Å². The maximum atomic E-state index is 12.0. The highest BCUT2D eigenvalue weighted by atomic mass is 16.5. The molecule has 0 unspecified atom stereocenters. The molecule has 134 valence electrons. The third-order valence-electron chi connectivity index (χ3n) is 4.37. The molecule has 3 rings (SSSR count). The van der Waals surface area contributed by atoms with Crippen molar-refractivity contribution in [3.8, 4) is 23.7 Å². The molecule has 2 heterocycles. The van der Waals surface area contributed by atoms with E-state index in [-0.39, 0.29) is 11.9 Å². The summed E-state index contributed by atoms with van der Waals surface area (Å²) in [5.74, 6) is 5.82. The summed E-state index contributed by atoms with van der Waals surface area (Å²) in [6, 6.07) is 5.90. The second-order valence-corrected chi connectivity index (χ2v) is 6.44. The van der Waals surface area contributed by atoms with Gasteiger partial charge in [0.05, 0.1) is 29.3 Å². The van der Waals surface area contributed by atoms with Crippen LogP contribution >= 0.6 is 0 Å². The highest BCUT2D eigenvalue weighted by Gasteiger charge is 2.34. The van der Waals surface area contributed by atoms with Gasteiger partial charge in [0.25, 0.3) is 5.91 Å². The van der Waals surface area contributed by atoms with Crippen LogP contribution in [-0.2, 0) is 4.79 Å². The van der Waals surface area contributed by atoms with Crippen molar-refractivity contribution in [2.45, 2.75) is 13.0 Å². The summed E-state index contributed by atoms with van der Waals surface area (Å²) in [7, 11) is 3.75. The molecule has 1 atom stereocenters. The molecular weight excluding hydrogens is 330 g/mol. The molecule has 7 nitrogen and oxygen atoms in total. The van der Waals surface area contributed by atoms with E-state index in [1.54, 1.807) is 18.2 Å². The van der Waals surface area contributed by atoms with Crippen molar-refractivity contribution in [1.82, 2.24) is 9.80 Å². The molecule has 1 amide bonds. The maximum Gasteiger partial charge on any atom is 0.298 e. The number of nitriles is 1. The van der Waals surface area contributed by atoms with Crippen LogP contribution in [0.4, 0.5) is 11.4 Å². The average Bonchev–Trinajstić information content (AvgIpc) is 2.65. The van der Waals surface area contributed by atoms with Crippen molar-refractivity contribution in [1.29, 1.82) is 5.26 Å². The Morgan fingerprint density at radius 1 is 1.42 bits per heavy atom. The third-order valence-corrected chi connectivity index (χ3v) is 4.37. The number of fused-ring (bicyclic) bond motifs is 3. The Kier molecular flexibility index (Phi) is 4.99. The summed E-state index contributed by atoms with van der Waals surface area (Å²) in [6.07, 6.45) is 1.66. The lowest BCUT2D eigenvalue weighted by Gasteiger charge is -2.45. The molecule has 1 aromatic rings. The van der Waals surface area contributed by atoms with Crippen molar-refractivity contribution < 1.29 is 9.53 Å². The summed E-state index contributed by atoms with van der Waals surface area (Å²) in [5, 5.41) is 9.49. The standard InChI is InChI=1S/C19H21N5O2/c1-4-5-19(25)23-6-7-24-15(11-23)12-26-18-9-16(21-13-22(2)3)14(10-20)8-17(18)24/h8-9,13,15H,6-7,11-12H2,1-3H3/t15-/m0/s1. The summed E-state index contributed by atoms with van der Waals surface area (Å²) < 4.78 is 5.92. The van der Waals surface area contributed by atoms with Crippen LogP contribution in [0.15, 0.2) is 17.1 Å². The molecule has 1 aromatic carbocycles. The van der Waals surface area contributed by atoms with Crippen molar-refractivity contribution in [3.63, 3.8) is 0 Å². The van der Waals surface area contributed by atoms with E-state index in [2.05, 4.69) is 27.8 Å². The lowest BCUT2D eigenvalue weighted by atomic mass is 10.1. The fourth-order valence-electron chi connectivity index (χ4n) is 3.14. The number of hydrogen-bond donors (Lipinski definition) is 0. The number of carbonyl (C=O) groups is 1. The van der Waals surface area contributed by atoms with Gasteiger partial charge < -0.3 is 19.4 Å². The van der Waals surface area contributed by atoms with E-state index in [0.29, 0.717) is 37.5 Å². The zero-order valence-electron chi connectivity index (χ0n) is 15.2. The first kappa shape index (κ1) is 17.6. The number of piperazine rings is 1. The summed E-state index contributed by atoms with van der Waals surface area (Å²) in [6.45, 7) is 4.00. The van der Waals surface area contributed by atoms with Crippen molar-refractivity contribution in [2.24, 2.45) is 4.99 Å². The fourth-order valence-corrected chi connectivity index (χ4v) is 3.14. The van der Waals surface area contributed by atoms with Crippen LogP contribution in [0, 0.1) is 23.2 Å². The van der Waals surface area contributed by atoms with E-state index in [9.17, 15) is 10.1 Å². The van der Waals surface area contributed by atoms with Gasteiger partial charge in [-0.2, -0.15) is 5.26 Å². The lowest BCUT2D eigenvalue weighted by Crippen LogP contribution is -2.58. The molecule has 0 N–H and O–H groups in total. The van der Waals surface area contributed by atoms with Gasteiger partial charge in [0.2, 0.25) is 0 Å². The highest BCUT2D eigenvalue weighted by Crippen LogP contribution is 2.40. The number of anilines is 1. The number of rotatable bonds is 2. The zero-order valence-corrected chi connectivity index (χ0v) is 15.2. The number of amides is 1. The Morgan fingerprint density at radius 3 is 2.92 bits per heavy atom. The molecule has 2 aliphatic rings. The quantitative estimate of drug-likeness (QED) is 0.455. The third kappa shape index (κ3) is 3.43. The molecule has 7 heteroatoms. The van der Waals surface area contributed by atoms with Crippen LogP contribution in [0.2, 0.25) is 0 Å². The molecule has 0 bridgehead atoms. The molecule has 1 fully saturated rings. The molecule has 0 aliphatic carbocycles. The van der Waals surface area contributed by atoms with Gasteiger partial charge >= 0.3 is 0 Å². The van der Waals surface area contributed by atoms with Crippen molar-refractivity contribution >= 4 is 23.6 Å². The van der Waals surface area contributed by atoms with Crippen molar-refractivity contribution in [2.75, 3.05) is 45.2 Å². The average molecular weight is 351 g/mol. The Morgan fingerprint density at radius 2 is 2.23 bits per heavy atom. The van der Waals surface area contributed by atoms with E-state index >= 15 is 0 Å². The number of ether oxygens (including phenoxy) is 1. The van der Waals surface area contributed by atoms with E-state index in [1.807, 2.05) is 31.1 Å². The molecule has 0 saturated carbocycles. The maximum absolute atomic E-state index is 12.0. The topological polar surface area (TPSA) is 72.2 Å². The summed E-state index contributed by atoms with van der Waals surface area (Å²) in [4.78, 5) is 22.2. The van der Waals surface area contributed by atoms with Crippen LogP contribution in [0.1, 0.15) is 12.5 Å². The largest absolute Gasteiger partial charge is 0.489 e. The van der Waals surface area contributed by atoms with Gasteiger partial charge in [0, 0.05) is 39.8 Å². The molecule has 0 aromatic heterocycles. The Bertz CT molecular complexity index is 844. The van der Waals surface area contributed by atoms with Gasteiger partial charge in [-0.15, -0.1) is 0 Å². The molecule has 0 spiro atoms. The van der Waals surface area contributed by atoms with E-state index < -0.39 is 0 Å². The minimum atomic E-state index is -0.149. The normalized spacial score (nSPS) is 18.2. The van der Waals surface area contributed by atoms with Crippen LogP contribution in [0.3, 0.4) is 0 Å². The minimum absolute atomic E-state index is 0.0570. The van der Waals surface area contributed by atoms with Crippen LogP contribution < -0.4 is 9.64 Å². The van der Waals surface area contributed by atoms with Gasteiger partial charge in [-0.05, 0) is 18.9 Å². The lowest BCUT2D eigenvalue weighted by molar-refractivity contribution is -0.126. The predicted molar refractivity (Wildman–Crippen MR) is 99.7 cm³/mol. The van der Waals surface area contributed by atoms with Gasteiger partial charge in [-0.25, -0.2) is 4.99 Å². The van der Waals surface area contributed by atoms with E-state index in [1.165, 1.54) is 0 Å². The number of benzene rings is 1. The molecule has 2 aliphatic heterocycles. The second kappa shape index (κ2) is 7.37. The van der Waals surface area contributed by atoms with E-state index in [0.717, 1.165) is 11.4 Å². The van der Waals surface area contributed by atoms with Gasteiger partial charge in [-0.1, -0.05) is 5.92 Å². The Hall–Kier alpha value is -3.19. The molecule has 1 saturated heterocycles. The highest BCUT2D eigenvalue weighted by molar-refractivity contribution is 5.93. The van der Waals surface area contributed by atoms with Crippen molar-refractivity contribution in [3.05, 3.63) is 17.7 Å². The van der Waals surface area contributed by atoms with Crippen LogP contribution in [-0.4, -0.2) is 68.4 Å². The molecule has 0 radical (unpaired) electrons. The predicted octanol–water partition coefficient (Wildman–Crippen LogP) is 1.21. The second-order valence-electron chi connectivity index (χ2n) is 6.44. The monoisotopic (exact) mass is 351 g/mol. The minimum Gasteiger partial charge on any atom is -0.489 e. The number of aliphatic imine (C=N–C) groups is 1. The smallest absolute Gasteiger partial charge is 0.298 e. The zero-order chi connectivity index (χ0) is 18.7. The SMILES string of the molecule is CC#CC(=O)N1CCN2c3cc(C#N)c(N=CN(C)C)cc3OC[C@@H]2C1. The van der Waals surface area contributed by atoms with E-state index in [4.69, 9.17) is 4.74 Å². The first-order chi connectivity index (χ1) is 12.5. The van der Waals surface area contributed by atoms with Gasteiger partial charge in [0.1, 0.15) is 18.4 Å². The van der Waals surface area contributed by atoms with Gasteiger partial charge in [0.15, 0.2) is 0 Å². The summed E-state index contributed by atoms with van der Waals surface area (Å²) >= 11 is 0. The fraction of sp³-hybridized carbons (Fsp3) is 0.421. The first-order valence-electron chi connectivity index (χ1n) is 8.43. The molecular formula is C19H21N5O2. The number of carbonyl (C=O) groups excluding carboxylic acids is 1. The molecule has 26 heavy (non-hydrogen) atoms. The van der Waals surface area contributed by atoms with Crippen LogP contribution in [0.25, 0.3) is 0 Å². The first-order valence-corrected chi connectivity index (χ1v) is 8.43. The van der Waals surface area contributed by atoms with Gasteiger partial charge in [-0.3, -0.25) is 4.79 Å². The van der Waals surface area contributed by atoms with Crippen LogP contribution in [0.5, 0.6) is 5.75 Å². The number of hydrogen-bond acceptors (Lipinski definition) is 5. The Balaban J connectivity index is 1.87.